The number of benzene rings is 3. The molecule has 0 amide bonds. The molecular weight excluding hydrogens is 297 g/mol. The number of hydrogen-bond donors (Lipinski definition) is 0. The van der Waals surface area contributed by atoms with Gasteiger partial charge in [0.1, 0.15) is 17.5 Å². The maximum absolute atomic E-state index is 14.4. The van der Waals surface area contributed by atoms with E-state index in [2.05, 4.69) is 6.58 Å². The summed E-state index contributed by atoms with van der Waals surface area (Å²) in [6, 6.07) is 15.0. The summed E-state index contributed by atoms with van der Waals surface area (Å²) in [6.07, 6.45) is 1.41. The fraction of sp³-hybridized carbons (Fsp3) is 0. The first kappa shape index (κ1) is 15.1. The van der Waals surface area contributed by atoms with Gasteiger partial charge in [0.05, 0.1) is 0 Å². The van der Waals surface area contributed by atoms with Crippen LogP contribution in [0.5, 0.6) is 0 Å². The van der Waals surface area contributed by atoms with Crippen molar-refractivity contribution in [1.82, 2.24) is 0 Å². The molecule has 23 heavy (non-hydrogen) atoms. The molecule has 0 radical (unpaired) electrons. The second kappa shape index (κ2) is 6.13. The molecular formula is C20H13F3. The van der Waals surface area contributed by atoms with Crippen molar-refractivity contribution in [2.45, 2.75) is 0 Å². The van der Waals surface area contributed by atoms with Crippen LogP contribution < -0.4 is 0 Å². The summed E-state index contributed by atoms with van der Waals surface area (Å²) in [7, 11) is 0. The monoisotopic (exact) mass is 310 g/mol. The Morgan fingerprint density at radius 2 is 1.26 bits per heavy atom. The van der Waals surface area contributed by atoms with Gasteiger partial charge in [-0.25, -0.2) is 13.2 Å². The van der Waals surface area contributed by atoms with Crippen LogP contribution in [0.1, 0.15) is 5.56 Å². The predicted molar refractivity (Wildman–Crippen MR) is 87.3 cm³/mol. The summed E-state index contributed by atoms with van der Waals surface area (Å²) in [6.45, 7) is 3.52. The van der Waals surface area contributed by atoms with Crippen LogP contribution in [0.25, 0.3) is 28.3 Å². The van der Waals surface area contributed by atoms with Crippen LogP contribution in [0.15, 0.2) is 67.2 Å². The van der Waals surface area contributed by atoms with Gasteiger partial charge in [0, 0.05) is 11.1 Å². The van der Waals surface area contributed by atoms with Crippen molar-refractivity contribution in [1.29, 1.82) is 0 Å². The zero-order valence-corrected chi connectivity index (χ0v) is 12.2. The van der Waals surface area contributed by atoms with Crippen molar-refractivity contribution < 1.29 is 13.2 Å². The molecule has 0 saturated carbocycles. The van der Waals surface area contributed by atoms with Gasteiger partial charge in [0.25, 0.3) is 0 Å². The minimum absolute atomic E-state index is 0.311. The molecule has 0 bridgehead atoms. The summed E-state index contributed by atoms with van der Waals surface area (Å²) in [5, 5.41) is 0. The van der Waals surface area contributed by atoms with Gasteiger partial charge in [-0.15, -0.1) is 0 Å². The smallest absolute Gasteiger partial charge is 0.131 e. The second-order valence-corrected chi connectivity index (χ2v) is 5.14. The summed E-state index contributed by atoms with van der Waals surface area (Å²) in [5.74, 6) is -1.25. The summed E-state index contributed by atoms with van der Waals surface area (Å²) in [4.78, 5) is 0. The van der Waals surface area contributed by atoms with E-state index in [0.717, 1.165) is 0 Å². The number of rotatable bonds is 3. The van der Waals surface area contributed by atoms with Gasteiger partial charge >= 0.3 is 0 Å². The van der Waals surface area contributed by atoms with Gasteiger partial charge in [-0.05, 0) is 41.0 Å². The Balaban J connectivity index is 2.01. The zero-order chi connectivity index (χ0) is 16.4. The third-order valence-electron chi connectivity index (χ3n) is 3.68. The molecule has 0 aromatic heterocycles. The highest BCUT2D eigenvalue weighted by Gasteiger charge is 2.09. The average molecular weight is 310 g/mol. The van der Waals surface area contributed by atoms with E-state index in [1.54, 1.807) is 36.4 Å². The van der Waals surface area contributed by atoms with Crippen LogP contribution >= 0.6 is 0 Å². The van der Waals surface area contributed by atoms with Crippen LogP contribution in [0.3, 0.4) is 0 Å². The lowest BCUT2D eigenvalue weighted by atomic mass is 9.98. The first-order chi connectivity index (χ1) is 11.1. The molecule has 3 heteroatoms. The normalized spacial score (nSPS) is 10.6. The van der Waals surface area contributed by atoms with Crippen LogP contribution in [0.4, 0.5) is 13.2 Å². The number of halogens is 3. The highest BCUT2D eigenvalue weighted by atomic mass is 19.1. The molecule has 3 rings (SSSR count). The standard InChI is InChI=1S/C20H13F3/c1-2-13-3-4-16(12-19(13)22)18-10-7-15(11-20(18)23)14-5-8-17(21)9-6-14/h2-12H,1H2. The third-order valence-corrected chi connectivity index (χ3v) is 3.68. The van der Waals surface area contributed by atoms with Crippen LogP contribution in [0, 0.1) is 17.5 Å². The van der Waals surface area contributed by atoms with Crippen LogP contribution in [0.2, 0.25) is 0 Å². The lowest BCUT2D eigenvalue weighted by molar-refractivity contribution is 0.623. The van der Waals surface area contributed by atoms with Crippen molar-refractivity contribution in [3.8, 4) is 22.3 Å². The third kappa shape index (κ3) is 3.04. The van der Waals surface area contributed by atoms with Gasteiger partial charge in [-0.1, -0.05) is 49.1 Å². The topological polar surface area (TPSA) is 0 Å². The highest BCUT2D eigenvalue weighted by molar-refractivity contribution is 5.72. The molecule has 0 aliphatic rings. The Hall–Kier alpha value is -2.81. The van der Waals surface area contributed by atoms with Crippen molar-refractivity contribution in [3.05, 3.63) is 90.3 Å². The van der Waals surface area contributed by atoms with E-state index in [1.807, 2.05) is 0 Å². The maximum Gasteiger partial charge on any atom is 0.131 e. The molecule has 0 aliphatic carbocycles. The average Bonchev–Trinajstić information content (AvgIpc) is 2.55. The van der Waals surface area contributed by atoms with E-state index in [4.69, 9.17) is 0 Å². The fourth-order valence-corrected chi connectivity index (χ4v) is 2.43. The van der Waals surface area contributed by atoms with E-state index >= 15 is 0 Å². The van der Waals surface area contributed by atoms with Crippen molar-refractivity contribution >= 4 is 6.08 Å². The molecule has 3 aromatic carbocycles. The zero-order valence-electron chi connectivity index (χ0n) is 12.2. The molecule has 0 aliphatic heterocycles. The van der Waals surface area contributed by atoms with E-state index in [0.29, 0.717) is 27.8 Å². The molecule has 0 unspecified atom stereocenters. The molecule has 0 saturated heterocycles. The molecule has 0 heterocycles. The van der Waals surface area contributed by atoms with Gasteiger partial charge < -0.3 is 0 Å². The van der Waals surface area contributed by atoms with Gasteiger partial charge in [0.2, 0.25) is 0 Å². The Kier molecular flexibility index (Phi) is 4.02. The first-order valence-electron chi connectivity index (χ1n) is 7.06. The summed E-state index contributed by atoms with van der Waals surface area (Å²) in [5.41, 5.74) is 2.48. The maximum atomic E-state index is 14.4. The van der Waals surface area contributed by atoms with E-state index in [-0.39, 0.29) is 5.82 Å². The van der Waals surface area contributed by atoms with E-state index in [1.165, 1.54) is 30.3 Å². The summed E-state index contributed by atoms with van der Waals surface area (Å²) < 4.78 is 41.2. The minimum atomic E-state index is -0.461. The molecule has 3 aromatic rings. The molecule has 0 fully saturated rings. The van der Waals surface area contributed by atoms with Crippen LogP contribution in [-0.4, -0.2) is 0 Å². The predicted octanol–water partition coefficient (Wildman–Crippen LogP) is 6.08. The van der Waals surface area contributed by atoms with E-state index < -0.39 is 11.6 Å². The lowest BCUT2D eigenvalue weighted by Gasteiger charge is -2.08. The SMILES string of the molecule is C=Cc1ccc(-c2ccc(-c3ccc(F)cc3)cc2F)cc1F. The molecule has 0 N–H and O–H groups in total. The lowest BCUT2D eigenvalue weighted by Crippen LogP contribution is -1.89. The fourth-order valence-electron chi connectivity index (χ4n) is 2.43. The largest absolute Gasteiger partial charge is 0.207 e. The van der Waals surface area contributed by atoms with Crippen molar-refractivity contribution in [2.24, 2.45) is 0 Å². The van der Waals surface area contributed by atoms with Crippen LogP contribution in [-0.2, 0) is 0 Å². The molecule has 0 atom stereocenters. The molecule has 0 nitrogen and oxygen atoms in total. The van der Waals surface area contributed by atoms with Crippen molar-refractivity contribution in [3.63, 3.8) is 0 Å². The molecule has 0 spiro atoms. The minimum Gasteiger partial charge on any atom is -0.207 e. The first-order valence-corrected chi connectivity index (χ1v) is 7.06. The second-order valence-electron chi connectivity index (χ2n) is 5.14. The van der Waals surface area contributed by atoms with Crippen molar-refractivity contribution in [2.75, 3.05) is 0 Å². The molecule has 114 valence electrons. The Bertz CT molecular complexity index is 865. The quantitative estimate of drug-likeness (QED) is 0.550. The van der Waals surface area contributed by atoms with Gasteiger partial charge in [-0.2, -0.15) is 0 Å². The van der Waals surface area contributed by atoms with Gasteiger partial charge in [-0.3, -0.25) is 0 Å². The Labute approximate surface area is 132 Å². The van der Waals surface area contributed by atoms with Gasteiger partial charge in [0.15, 0.2) is 0 Å². The Morgan fingerprint density at radius 1 is 0.652 bits per heavy atom. The highest BCUT2D eigenvalue weighted by Crippen LogP contribution is 2.29. The number of hydrogen-bond acceptors (Lipinski definition) is 0. The van der Waals surface area contributed by atoms with E-state index in [9.17, 15) is 13.2 Å². The Morgan fingerprint density at radius 3 is 1.87 bits per heavy atom. The summed E-state index contributed by atoms with van der Waals surface area (Å²) >= 11 is 0.